The highest BCUT2D eigenvalue weighted by molar-refractivity contribution is 8.93. The molecule has 0 unspecified atom stereocenters. The van der Waals surface area contributed by atoms with Gasteiger partial charge in [0.05, 0.1) is 6.67 Å². The van der Waals surface area contributed by atoms with Crippen molar-refractivity contribution in [3.8, 4) is 0 Å². The molecular formula is C8H15BrN2. The van der Waals surface area contributed by atoms with E-state index in [-0.39, 0.29) is 17.0 Å². The second-order valence-corrected chi connectivity index (χ2v) is 2.34. The monoisotopic (exact) mass is 218 g/mol. The zero-order chi connectivity index (χ0) is 7.40. The fraction of sp³-hybridized carbons (Fsp3) is 0.500. The van der Waals surface area contributed by atoms with Gasteiger partial charge in [0.25, 0.3) is 0 Å². The van der Waals surface area contributed by atoms with Crippen LogP contribution in [0.5, 0.6) is 0 Å². The van der Waals surface area contributed by atoms with Crippen molar-refractivity contribution in [2.45, 2.75) is 13.8 Å². The van der Waals surface area contributed by atoms with E-state index in [9.17, 15) is 0 Å². The van der Waals surface area contributed by atoms with Crippen molar-refractivity contribution in [2.24, 2.45) is 0 Å². The largest absolute Gasteiger partial charge is 0.359 e. The number of halogens is 1. The Morgan fingerprint density at radius 2 is 2.18 bits per heavy atom. The third kappa shape index (κ3) is 2.97. The third-order valence-corrected chi connectivity index (χ3v) is 1.56. The van der Waals surface area contributed by atoms with Crippen LogP contribution in [0.4, 0.5) is 0 Å². The molecule has 0 spiro atoms. The second-order valence-electron chi connectivity index (χ2n) is 2.34. The van der Waals surface area contributed by atoms with Gasteiger partial charge in [0.1, 0.15) is 0 Å². The molecule has 0 amide bonds. The van der Waals surface area contributed by atoms with E-state index >= 15 is 0 Å². The van der Waals surface area contributed by atoms with E-state index in [1.54, 1.807) is 0 Å². The Kier molecular flexibility index (Phi) is 5.03. The summed E-state index contributed by atoms with van der Waals surface area (Å²) in [7, 11) is 0. The van der Waals surface area contributed by atoms with Crippen molar-refractivity contribution in [3.05, 3.63) is 24.7 Å². The van der Waals surface area contributed by atoms with Gasteiger partial charge in [-0.15, -0.1) is 17.0 Å². The molecule has 1 aliphatic heterocycles. The zero-order valence-corrected chi connectivity index (χ0v) is 8.74. The molecule has 0 bridgehead atoms. The van der Waals surface area contributed by atoms with Crippen LogP contribution in [0.3, 0.4) is 0 Å². The minimum Gasteiger partial charge on any atom is -0.359 e. The van der Waals surface area contributed by atoms with E-state index in [0.29, 0.717) is 0 Å². The van der Waals surface area contributed by atoms with Crippen LogP contribution >= 0.6 is 17.0 Å². The standard InChI is InChI=1S/C8H14N2.BrH/c1-3-5-10-7-6-9(4-2)8-10;/h3,5-7H,4,8H2,1-2H3;1H. The highest BCUT2D eigenvalue weighted by Crippen LogP contribution is 2.05. The van der Waals surface area contributed by atoms with Crippen molar-refractivity contribution in [2.75, 3.05) is 13.2 Å². The maximum Gasteiger partial charge on any atom is 0.0935 e. The average molecular weight is 219 g/mol. The lowest BCUT2D eigenvalue weighted by atomic mass is 10.6. The van der Waals surface area contributed by atoms with E-state index in [0.717, 1.165) is 13.2 Å². The van der Waals surface area contributed by atoms with Crippen LogP contribution in [0.2, 0.25) is 0 Å². The molecule has 3 heteroatoms. The van der Waals surface area contributed by atoms with Crippen LogP contribution in [0.1, 0.15) is 13.8 Å². The van der Waals surface area contributed by atoms with Crippen LogP contribution in [0, 0.1) is 0 Å². The zero-order valence-electron chi connectivity index (χ0n) is 7.03. The normalized spacial score (nSPS) is 16.2. The van der Waals surface area contributed by atoms with Crippen molar-refractivity contribution >= 4 is 17.0 Å². The van der Waals surface area contributed by atoms with Crippen LogP contribution in [-0.2, 0) is 0 Å². The van der Waals surface area contributed by atoms with Gasteiger partial charge in [-0.3, -0.25) is 0 Å². The topological polar surface area (TPSA) is 6.48 Å². The SMILES string of the molecule is Br.CC=CN1C=CN(CC)C1. The number of hydrogen-bond acceptors (Lipinski definition) is 2. The summed E-state index contributed by atoms with van der Waals surface area (Å²) in [6.07, 6.45) is 8.32. The quantitative estimate of drug-likeness (QED) is 0.702. The third-order valence-electron chi connectivity index (χ3n) is 1.56. The smallest absolute Gasteiger partial charge is 0.0935 e. The van der Waals surface area contributed by atoms with Crippen molar-refractivity contribution in [1.82, 2.24) is 9.80 Å². The van der Waals surface area contributed by atoms with E-state index in [1.807, 2.05) is 13.0 Å². The van der Waals surface area contributed by atoms with Crippen LogP contribution < -0.4 is 0 Å². The van der Waals surface area contributed by atoms with Crippen molar-refractivity contribution in [1.29, 1.82) is 0 Å². The van der Waals surface area contributed by atoms with Gasteiger partial charge in [0, 0.05) is 25.1 Å². The lowest BCUT2D eigenvalue weighted by Gasteiger charge is -2.15. The van der Waals surface area contributed by atoms with Gasteiger partial charge in [0.15, 0.2) is 0 Å². The second kappa shape index (κ2) is 5.24. The molecule has 0 fully saturated rings. The molecule has 0 radical (unpaired) electrons. The van der Waals surface area contributed by atoms with Gasteiger partial charge in [-0.25, -0.2) is 0 Å². The predicted molar refractivity (Wildman–Crippen MR) is 53.4 cm³/mol. The fourth-order valence-electron chi connectivity index (χ4n) is 0.978. The molecule has 0 aromatic rings. The highest BCUT2D eigenvalue weighted by atomic mass is 79.9. The van der Waals surface area contributed by atoms with E-state index in [2.05, 4.69) is 35.3 Å². The molecule has 0 saturated heterocycles. The Labute approximate surface area is 78.9 Å². The molecule has 1 heterocycles. The Morgan fingerprint density at radius 3 is 2.64 bits per heavy atom. The van der Waals surface area contributed by atoms with Crippen molar-refractivity contribution < 1.29 is 0 Å². The summed E-state index contributed by atoms with van der Waals surface area (Å²) >= 11 is 0. The van der Waals surface area contributed by atoms with Gasteiger partial charge in [-0.2, -0.15) is 0 Å². The van der Waals surface area contributed by atoms with Crippen LogP contribution in [0.25, 0.3) is 0 Å². The Morgan fingerprint density at radius 1 is 1.45 bits per heavy atom. The summed E-state index contributed by atoms with van der Waals surface area (Å²) in [5.74, 6) is 0. The summed E-state index contributed by atoms with van der Waals surface area (Å²) in [4.78, 5) is 4.41. The molecule has 0 aromatic heterocycles. The molecule has 64 valence electrons. The summed E-state index contributed by atoms with van der Waals surface area (Å²) in [5, 5.41) is 0. The minimum atomic E-state index is 0. The first-order chi connectivity index (χ1) is 4.86. The van der Waals surface area contributed by atoms with E-state index in [4.69, 9.17) is 0 Å². The minimum absolute atomic E-state index is 0. The van der Waals surface area contributed by atoms with E-state index < -0.39 is 0 Å². The Hall–Kier alpha value is -0.440. The summed E-state index contributed by atoms with van der Waals surface area (Å²) in [6, 6.07) is 0. The molecule has 0 aromatic carbocycles. The molecule has 2 nitrogen and oxygen atoms in total. The van der Waals surface area contributed by atoms with E-state index in [1.165, 1.54) is 0 Å². The summed E-state index contributed by atoms with van der Waals surface area (Å²) < 4.78 is 0. The lowest BCUT2D eigenvalue weighted by Crippen LogP contribution is -2.21. The molecule has 11 heavy (non-hydrogen) atoms. The van der Waals surface area contributed by atoms with Crippen molar-refractivity contribution in [3.63, 3.8) is 0 Å². The number of hydrogen-bond donors (Lipinski definition) is 0. The first kappa shape index (κ1) is 10.6. The molecule has 1 aliphatic rings. The molecule has 0 aliphatic carbocycles. The number of allylic oxidation sites excluding steroid dienone is 1. The Balaban J connectivity index is 0.000001000. The first-order valence-corrected chi connectivity index (χ1v) is 3.67. The predicted octanol–water partition coefficient (Wildman–Crippen LogP) is 2.16. The summed E-state index contributed by atoms with van der Waals surface area (Å²) in [6.45, 7) is 6.28. The van der Waals surface area contributed by atoms with Crippen LogP contribution in [0.15, 0.2) is 24.7 Å². The van der Waals surface area contributed by atoms with Crippen LogP contribution in [-0.4, -0.2) is 23.0 Å². The molecule has 0 saturated carbocycles. The molecular weight excluding hydrogens is 204 g/mol. The highest BCUT2D eigenvalue weighted by Gasteiger charge is 2.05. The molecule has 1 rings (SSSR count). The summed E-state index contributed by atoms with van der Waals surface area (Å²) in [5.41, 5.74) is 0. The molecule has 0 N–H and O–H groups in total. The Bertz CT molecular complexity index is 154. The van der Waals surface area contributed by atoms with Gasteiger partial charge in [-0.1, -0.05) is 6.08 Å². The maximum absolute atomic E-state index is 2.25. The maximum atomic E-state index is 2.25. The van der Waals surface area contributed by atoms with Gasteiger partial charge < -0.3 is 9.80 Å². The number of nitrogens with zero attached hydrogens (tertiary/aromatic N) is 2. The fourth-order valence-corrected chi connectivity index (χ4v) is 0.978. The number of rotatable bonds is 2. The lowest BCUT2D eigenvalue weighted by molar-refractivity contribution is 0.327. The van der Waals surface area contributed by atoms with Gasteiger partial charge >= 0.3 is 0 Å². The molecule has 0 atom stereocenters. The van der Waals surface area contributed by atoms with Gasteiger partial charge in [0.2, 0.25) is 0 Å². The average Bonchev–Trinajstić information content (AvgIpc) is 2.37. The first-order valence-electron chi connectivity index (χ1n) is 3.67. The van der Waals surface area contributed by atoms with Gasteiger partial charge in [-0.05, 0) is 13.8 Å².